The van der Waals surface area contributed by atoms with Gasteiger partial charge in [-0.05, 0) is 36.5 Å². The number of ether oxygens (including phenoxy) is 1. The van der Waals surface area contributed by atoms with E-state index in [1.807, 2.05) is 6.92 Å². The number of aliphatic carboxylic acids is 1. The van der Waals surface area contributed by atoms with Gasteiger partial charge in [-0.3, -0.25) is 4.79 Å². The van der Waals surface area contributed by atoms with Crippen LogP contribution in [0.1, 0.15) is 50.2 Å². The second-order valence-corrected chi connectivity index (χ2v) is 7.05. The van der Waals surface area contributed by atoms with Gasteiger partial charge in [0.05, 0.1) is 18.1 Å². The Morgan fingerprint density at radius 1 is 1.50 bits per heavy atom. The average Bonchev–Trinajstić information content (AvgIpc) is 2.86. The molecule has 22 heavy (non-hydrogen) atoms. The molecule has 1 saturated heterocycles. The summed E-state index contributed by atoms with van der Waals surface area (Å²) in [6, 6.07) is 4.32. The van der Waals surface area contributed by atoms with Crippen molar-refractivity contribution in [3.8, 4) is 0 Å². The normalized spacial score (nSPS) is 29.6. The summed E-state index contributed by atoms with van der Waals surface area (Å²) in [6.45, 7) is 4.79. The summed E-state index contributed by atoms with van der Waals surface area (Å²) in [6.07, 6.45) is 2.63. The molecule has 2 aliphatic heterocycles. The third kappa shape index (κ3) is 2.35. The molecule has 2 aliphatic rings. The molecule has 1 fully saturated rings. The fraction of sp³-hybridized carbons (Fsp3) is 0.588. The zero-order chi connectivity index (χ0) is 15.9. The summed E-state index contributed by atoms with van der Waals surface area (Å²) < 4.78 is 7.13. The van der Waals surface area contributed by atoms with E-state index < -0.39 is 11.6 Å². The zero-order valence-electron chi connectivity index (χ0n) is 13.0. The van der Waals surface area contributed by atoms with E-state index in [1.165, 1.54) is 16.8 Å². The van der Waals surface area contributed by atoms with Crippen molar-refractivity contribution in [3.63, 3.8) is 0 Å². The van der Waals surface area contributed by atoms with Crippen LogP contribution in [0.15, 0.2) is 16.6 Å². The molecule has 0 spiro atoms. The molecule has 3 unspecified atom stereocenters. The van der Waals surface area contributed by atoms with Crippen molar-refractivity contribution in [1.82, 2.24) is 0 Å². The van der Waals surface area contributed by atoms with Gasteiger partial charge in [0.15, 0.2) is 0 Å². The minimum Gasteiger partial charge on any atom is -0.481 e. The lowest BCUT2D eigenvalue weighted by Crippen LogP contribution is -2.54. The monoisotopic (exact) mass is 367 g/mol. The fourth-order valence-corrected chi connectivity index (χ4v) is 4.68. The number of halogens is 1. The summed E-state index contributed by atoms with van der Waals surface area (Å²) in [7, 11) is 0. The van der Waals surface area contributed by atoms with Crippen LogP contribution in [0.3, 0.4) is 0 Å². The molecule has 3 rings (SSSR count). The van der Waals surface area contributed by atoms with Crippen LogP contribution in [0.2, 0.25) is 0 Å². The van der Waals surface area contributed by atoms with Crippen LogP contribution in [0.25, 0.3) is 0 Å². The Hall–Kier alpha value is -1.07. The molecule has 1 aromatic rings. The number of nitrogens with one attached hydrogen (secondary N) is 1. The Bertz CT molecular complexity index is 604. The van der Waals surface area contributed by atoms with Gasteiger partial charge < -0.3 is 15.2 Å². The molecule has 0 aromatic heterocycles. The van der Waals surface area contributed by atoms with Crippen LogP contribution in [-0.2, 0) is 16.0 Å². The highest BCUT2D eigenvalue weighted by molar-refractivity contribution is 9.10. The molecule has 120 valence electrons. The topological polar surface area (TPSA) is 58.6 Å². The lowest BCUT2D eigenvalue weighted by Gasteiger charge is -2.44. The molecule has 4 nitrogen and oxygen atoms in total. The number of carboxylic acids is 1. The molecule has 2 N–H and O–H groups in total. The second-order valence-electron chi connectivity index (χ2n) is 6.20. The predicted molar refractivity (Wildman–Crippen MR) is 89.5 cm³/mol. The van der Waals surface area contributed by atoms with Crippen molar-refractivity contribution < 1.29 is 14.6 Å². The van der Waals surface area contributed by atoms with E-state index in [4.69, 9.17) is 4.74 Å². The second kappa shape index (κ2) is 5.85. The Morgan fingerprint density at radius 2 is 2.27 bits per heavy atom. The molecule has 3 atom stereocenters. The van der Waals surface area contributed by atoms with E-state index in [1.54, 1.807) is 0 Å². The van der Waals surface area contributed by atoms with Gasteiger partial charge in [-0.25, -0.2) is 0 Å². The first kappa shape index (κ1) is 15.8. The number of benzene rings is 1. The molecule has 2 heterocycles. The van der Waals surface area contributed by atoms with Gasteiger partial charge in [-0.1, -0.05) is 35.8 Å². The lowest BCUT2D eigenvalue weighted by atomic mass is 9.76. The van der Waals surface area contributed by atoms with E-state index in [0.29, 0.717) is 18.9 Å². The quantitative estimate of drug-likeness (QED) is 0.846. The molecule has 1 aromatic carbocycles. The van der Waals surface area contributed by atoms with E-state index in [9.17, 15) is 9.90 Å². The van der Waals surface area contributed by atoms with Crippen molar-refractivity contribution >= 4 is 27.6 Å². The van der Waals surface area contributed by atoms with Crippen LogP contribution >= 0.6 is 15.9 Å². The Labute approximate surface area is 139 Å². The average molecular weight is 368 g/mol. The Balaban J connectivity index is 2.03. The largest absolute Gasteiger partial charge is 0.481 e. The van der Waals surface area contributed by atoms with Gasteiger partial charge in [0.2, 0.25) is 0 Å². The smallest absolute Gasteiger partial charge is 0.306 e. The minimum absolute atomic E-state index is 0.0388. The summed E-state index contributed by atoms with van der Waals surface area (Å²) >= 11 is 3.63. The van der Waals surface area contributed by atoms with Crippen molar-refractivity contribution in [1.29, 1.82) is 0 Å². The van der Waals surface area contributed by atoms with E-state index in [-0.39, 0.29) is 12.5 Å². The number of fused-ring (bicyclic) bond motifs is 3. The molecular formula is C17H22BrNO3. The maximum absolute atomic E-state index is 11.4. The zero-order valence-corrected chi connectivity index (χ0v) is 14.6. The summed E-state index contributed by atoms with van der Waals surface area (Å²) in [5.41, 5.74) is 3.15. The van der Waals surface area contributed by atoms with Crippen molar-refractivity contribution in [2.45, 2.75) is 57.1 Å². The summed E-state index contributed by atoms with van der Waals surface area (Å²) in [4.78, 5) is 11.4. The molecular weight excluding hydrogens is 346 g/mol. The minimum atomic E-state index is -0.794. The molecule has 0 bridgehead atoms. The highest BCUT2D eigenvalue weighted by Gasteiger charge is 2.51. The van der Waals surface area contributed by atoms with Crippen molar-refractivity contribution in [2.24, 2.45) is 0 Å². The number of hydrogen-bond acceptors (Lipinski definition) is 3. The van der Waals surface area contributed by atoms with Gasteiger partial charge >= 0.3 is 5.97 Å². The molecule has 5 heteroatoms. The first-order valence-corrected chi connectivity index (χ1v) is 8.75. The van der Waals surface area contributed by atoms with Gasteiger partial charge in [0, 0.05) is 22.7 Å². The first-order chi connectivity index (χ1) is 10.5. The van der Waals surface area contributed by atoms with Crippen LogP contribution in [0.4, 0.5) is 5.69 Å². The van der Waals surface area contributed by atoms with Crippen LogP contribution in [-0.4, -0.2) is 29.3 Å². The molecule has 0 aliphatic carbocycles. The fourth-order valence-electron chi connectivity index (χ4n) is 4.06. The Kier molecular flexibility index (Phi) is 4.21. The highest BCUT2D eigenvalue weighted by atomic mass is 79.9. The third-order valence-corrected chi connectivity index (χ3v) is 5.92. The van der Waals surface area contributed by atoms with E-state index in [0.717, 1.165) is 17.3 Å². The van der Waals surface area contributed by atoms with Gasteiger partial charge in [0.25, 0.3) is 0 Å². The van der Waals surface area contributed by atoms with Crippen molar-refractivity contribution in [2.75, 3.05) is 11.9 Å². The predicted octanol–water partition coefficient (Wildman–Crippen LogP) is 3.93. The standard InChI is InChI=1S/C17H22BrNO3/c1-3-10-13(18)6-5-11-12-7-8-22-17(4-2,9-14(20)21)16(12)19-15(10)11/h5-6,12,16,19H,3-4,7-9H2,1-2H3,(H,20,21). The maximum atomic E-state index is 11.4. The number of rotatable bonds is 4. The van der Waals surface area contributed by atoms with Gasteiger partial charge in [-0.15, -0.1) is 0 Å². The van der Waals surface area contributed by atoms with E-state index >= 15 is 0 Å². The molecule has 0 saturated carbocycles. The number of anilines is 1. The highest BCUT2D eigenvalue weighted by Crippen LogP contribution is 2.50. The maximum Gasteiger partial charge on any atom is 0.306 e. The third-order valence-electron chi connectivity index (χ3n) is 5.18. The van der Waals surface area contributed by atoms with Crippen LogP contribution < -0.4 is 5.32 Å². The molecule has 0 radical (unpaired) electrons. The lowest BCUT2D eigenvalue weighted by molar-refractivity contribution is -0.152. The summed E-state index contributed by atoms with van der Waals surface area (Å²) in [5.74, 6) is -0.460. The number of carbonyl (C=O) groups is 1. The number of carboxylic acid groups (broad SMARTS) is 1. The summed E-state index contributed by atoms with van der Waals surface area (Å²) in [5, 5.41) is 13.0. The first-order valence-electron chi connectivity index (χ1n) is 7.96. The van der Waals surface area contributed by atoms with Crippen LogP contribution in [0, 0.1) is 0 Å². The Morgan fingerprint density at radius 3 is 2.91 bits per heavy atom. The van der Waals surface area contributed by atoms with Crippen molar-refractivity contribution in [3.05, 3.63) is 27.7 Å². The van der Waals surface area contributed by atoms with Gasteiger partial charge in [-0.2, -0.15) is 0 Å². The number of hydrogen-bond donors (Lipinski definition) is 2. The van der Waals surface area contributed by atoms with Crippen LogP contribution in [0.5, 0.6) is 0 Å². The van der Waals surface area contributed by atoms with Gasteiger partial charge in [0.1, 0.15) is 0 Å². The van der Waals surface area contributed by atoms with E-state index in [2.05, 4.69) is 40.3 Å². The SMILES string of the molecule is CCc1c(Br)ccc2c1NC1C2CCOC1(CC)CC(=O)O. The molecule has 0 amide bonds.